The number of nitrogens with two attached hydrogens (primary N) is 1. The summed E-state index contributed by atoms with van der Waals surface area (Å²) in [5.74, 6) is 3.83. The predicted octanol–water partition coefficient (Wildman–Crippen LogP) is 2.82. The molecule has 4 saturated carbocycles. The van der Waals surface area contributed by atoms with Gasteiger partial charge in [0, 0.05) is 19.5 Å². The van der Waals surface area contributed by atoms with Crippen molar-refractivity contribution in [2.24, 2.45) is 34.8 Å². The summed E-state index contributed by atoms with van der Waals surface area (Å²) in [6.45, 7) is 2.61. The van der Waals surface area contributed by atoms with Crippen LogP contribution in [0.4, 0.5) is 0 Å². The summed E-state index contributed by atoms with van der Waals surface area (Å²) in [5, 5.41) is 0. The number of halogens is 1. The second kappa shape index (κ2) is 5.73. The molecule has 0 spiro atoms. The van der Waals surface area contributed by atoms with E-state index in [1.807, 2.05) is 0 Å². The number of hydrogen-bond acceptors (Lipinski definition) is 2. The monoisotopic (exact) mass is 312 g/mol. The number of amides is 1. The van der Waals surface area contributed by atoms with Gasteiger partial charge >= 0.3 is 0 Å². The molecule has 4 aliphatic carbocycles. The first-order valence-corrected chi connectivity index (χ1v) is 8.64. The Balaban J connectivity index is 0.00000132. The lowest BCUT2D eigenvalue weighted by molar-refractivity contribution is -0.138. The van der Waals surface area contributed by atoms with Crippen LogP contribution in [0.2, 0.25) is 0 Å². The fraction of sp³-hybridized carbons (Fsp3) is 0.941. The Labute approximate surface area is 134 Å². The highest BCUT2D eigenvalue weighted by molar-refractivity contribution is 5.85. The van der Waals surface area contributed by atoms with Gasteiger partial charge in [-0.15, -0.1) is 12.4 Å². The summed E-state index contributed by atoms with van der Waals surface area (Å²) in [7, 11) is 0. The first kappa shape index (κ1) is 15.6. The maximum Gasteiger partial charge on any atom is 0.223 e. The second-order valence-corrected chi connectivity index (χ2v) is 8.32. The molecule has 5 rings (SSSR count). The molecule has 1 amide bonds. The first-order valence-electron chi connectivity index (χ1n) is 8.64. The van der Waals surface area contributed by atoms with Crippen molar-refractivity contribution in [3.8, 4) is 0 Å². The van der Waals surface area contributed by atoms with Gasteiger partial charge in [0.1, 0.15) is 0 Å². The van der Waals surface area contributed by atoms with Gasteiger partial charge in [-0.05, 0) is 80.6 Å². The molecule has 5 aliphatic rings. The summed E-state index contributed by atoms with van der Waals surface area (Å²) in [6.07, 6.45) is 10.4. The molecule has 4 bridgehead atoms. The molecule has 1 unspecified atom stereocenters. The lowest BCUT2D eigenvalue weighted by Crippen LogP contribution is -2.48. The Morgan fingerprint density at radius 2 is 1.67 bits per heavy atom. The smallest absolute Gasteiger partial charge is 0.223 e. The number of carbonyl (C=O) groups is 1. The lowest BCUT2D eigenvalue weighted by atomic mass is 9.49. The highest BCUT2D eigenvalue weighted by atomic mass is 35.5. The molecule has 1 saturated heterocycles. The average Bonchev–Trinajstić information content (AvgIpc) is 2.85. The molecular formula is C17H29ClN2O. The zero-order valence-corrected chi connectivity index (χ0v) is 13.7. The molecule has 0 aromatic heterocycles. The quantitative estimate of drug-likeness (QED) is 0.871. The standard InChI is InChI=1S/C17H28N2O.ClH/c18-10-12-1-2-19(11-12)16(20)9-17-6-13-3-14(7-17)5-15(4-13)8-17;/h12-15H,1-11,18H2;1H. The Morgan fingerprint density at radius 3 is 2.14 bits per heavy atom. The molecule has 120 valence electrons. The van der Waals surface area contributed by atoms with Gasteiger partial charge in [-0.3, -0.25) is 4.79 Å². The predicted molar refractivity (Wildman–Crippen MR) is 86.2 cm³/mol. The van der Waals surface area contributed by atoms with Crippen LogP contribution in [0.1, 0.15) is 51.4 Å². The molecular weight excluding hydrogens is 284 g/mol. The SMILES string of the molecule is Cl.NCC1CCN(C(=O)CC23CC4CC(CC(C4)C2)C3)C1. The van der Waals surface area contributed by atoms with Crippen LogP contribution in [0.25, 0.3) is 0 Å². The molecule has 0 aromatic rings. The molecule has 0 aromatic carbocycles. The Kier molecular flexibility index (Phi) is 4.26. The molecule has 4 heteroatoms. The van der Waals surface area contributed by atoms with Crippen molar-refractivity contribution in [1.29, 1.82) is 0 Å². The van der Waals surface area contributed by atoms with Gasteiger partial charge in [0.25, 0.3) is 0 Å². The van der Waals surface area contributed by atoms with Crippen molar-refractivity contribution in [3.05, 3.63) is 0 Å². The van der Waals surface area contributed by atoms with E-state index in [-0.39, 0.29) is 12.4 Å². The van der Waals surface area contributed by atoms with Crippen LogP contribution < -0.4 is 5.73 Å². The van der Waals surface area contributed by atoms with Crippen molar-refractivity contribution < 1.29 is 4.79 Å². The number of likely N-dealkylation sites (tertiary alicyclic amines) is 1. The van der Waals surface area contributed by atoms with Crippen molar-refractivity contribution in [2.75, 3.05) is 19.6 Å². The van der Waals surface area contributed by atoms with Crippen LogP contribution in [0.5, 0.6) is 0 Å². The van der Waals surface area contributed by atoms with Gasteiger partial charge < -0.3 is 10.6 Å². The topological polar surface area (TPSA) is 46.3 Å². The van der Waals surface area contributed by atoms with Gasteiger partial charge in [-0.1, -0.05) is 0 Å². The summed E-state index contributed by atoms with van der Waals surface area (Å²) < 4.78 is 0. The van der Waals surface area contributed by atoms with Gasteiger partial charge in [-0.25, -0.2) is 0 Å². The van der Waals surface area contributed by atoms with E-state index in [2.05, 4.69) is 4.90 Å². The van der Waals surface area contributed by atoms with E-state index in [0.717, 1.165) is 50.2 Å². The first-order chi connectivity index (χ1) is 9.66. The second-order valence-electron chi connectivity index (χ2n) is 8.32. The number of hydrogen-bond donors (Lipinski definition) is 1. The molecule has 0 radical (unpaired) electrons. The molecule has 5 fully saturated rings. The third kappa shape index (κ3) is 2.84. The third-order valence-corrected chi connectivity index (χ3v) is 6.66. The van der Waals surface area contributed by atoms with E-state index >= 15 is 0 Å². The van der Waals surface area contributed by atoms with Crippen LogP contribution in [0.15, 0.2) is 0 Å². The van der Waals surface area contributed by atoms with Crippen LogP contribution in [0.3, 0.4) is 0 Å². The maximum atomic E-state index is 12.7. The van der Waals surface area contributed by atoms with Crippen molar-refractivity contribution in [2.45, 2.75) is 51.4 Å². The Morgan fingerprint density at radius 1 is 1.10 bits per heavy atom. The molecule has 3 nitrogen and oxygen atoms in total. The van der Waals surface area contributed by atoms with Crippen molar-refractivity contribution in [1.82, 2.24) is 4.90 Å². The highest BCUT2D eigenvalue weighted by Gasteiger charge is 2.51. The highest BCUT2D eigenvalue weighted by Crippen LogP contribution is 2.61. The third-order valence-electron chi connectivity index (χ3n) is 6.66. The van der Waals surface area contributed by atoms with Gasteiger partial charge in [-0.2, -0.15) is 0 Å². The minimum atomic E-state index is 0. The van der Waals surface area contributed by atoms with E-state index < -0.39 is 0 Å². The summed E-state index contributed by atoms with van der Waals surface area (Å²) in [4.78, 5) is 14.8. The molecule has 1 heterocycles. The number of nitrogens with zero attached hydrogens (tertiary/aromatic N) is 1. The largest absolute Gasteiger partial charge is 0.342 e. The van der Waals surface area contributed by atoms with Crippen molar-refractivity contribution >= 4 is 18.3 Å². The fourth-order valence-corrected chi connectivity index (χ4v) is 6.19. The maximum absolute atomic E-state index is 12.7. The Hall–Kier alpha value is -0.280. The lowest BCUT2D eigenvalue weighted by Gasteiger charge is -2.56. The molecule has 1 aliphatic heterocycles. The van der Waals surface area contributed by atoms with Crippen molar-refractivity contribution in [3.63, 3.8) is 0 Å². The zero-order chi connectivity index (χ0) is 13.7. The minimum Gasteiger partial charge on any atom is -0.342 e. The summed E-state index contributed by atoms with van der Waals surface area (Å²) >= 11 is 0. The molecule has 2 N–H and O–H groups in total. The summed E-state index contributed by atoms with van der Waals surface area (Å²) in [5.41, 5.74) is 6.14. The number of carbonyl (C=O) groups excluding carboxylic acids is 1. The summed E-state index contributed by atoms with van der Waals surface area (Å²) in [6, 6.07) is 0. The normalized spacial score (nSPS) is 44.0. The van der Waals surface area contributed by atoms with E-state index in [4.69, 9.17) is 5.73 Å². The molecule has 21 heavy (non-hydrogen) atoms. The van der Waals surface area contributed by atoms with E-state index in [0.29, 0.717) is 17.2 Å². The average molecular weight is 313 g/mol. The Bertz CT molecular complexity index is 376. The van der Waals surface area contributed by atoms with Crippen LogP contribution >= 0.6 is 12.4 Å². The number of rotatable bonds is 3. The van der Waals surface area contributed by atoms with Crippen LogP contribution in [0, 0.1) is 29.1 Å². The van der Waals surface area contributed by atoms with Gasteiger partial charge in [0.15, 0.2) is 0 Å². The molecule has 1 atom stereocenters. The minimum absolute atomic E-state index is 0. The van der Waals surface area contributed by atoms with E-state index in [1.54, 1.807) is 0 Å². The van der Waals surface area contributed by atoms with E-state index in [9.17, 15) is 4.79 Å². The van der Waals surface area contributed by atoms with Gasteiger partial charge in [0.05, 0.1) is 0 Å². The zero-order valence-electron chi connectivity index (χ0n) is 12.9. The fourth-order valence-electron chi connectivity index (χ4n) is 6.19. The van der Waals surface area contributed by atoms with Crippen LogP contribution in [-0.4, -0.2) is 30.4 Å². The van der Waals surface area contributed by atoms with E-state index in [1.165, 1.54) is 38.5 Å². The van der Waals surface area contributed by atoms with Crippen LogP contribution in [-0.2, 0) is 4.79 Å². The van der Waals surface area contributed by atoms with Gasteiger partial charge in [0.2, 0.25) is 5.91 Å².